The molecule has 0 aliphatic heterocycles. The first-order valence-corrected chi connectivity index (χ1v) is 5.87. The topological polar surface area (TPSA) is 37.9 Å². The summed E-state index contributed by atoms with van der Waals surface area (Å²) in [6, 6.07) is 5.18. The largest absolute Gasteiger partial charge is 0.491 e. The smallest absolute Gasteiger partial charge is 0.179 e. The number of aromatic nitrogens is 2. The molecule has 0 aliphatic rings. The van der Waals surface area contributed by atoms with E-state index in [0.29, 0.717) is 26.1 Å². The Kier molecular flexibility index (Phi) is 3.66. The van der Waals surface area contributed by atoms with Gasteiger partial charge in [0.2, 0.25) is 0 Å². The van der Waals surface area contributed by atoms with E-state index in [4.69, 9.17) is 40.2 Å². The molecular formula is C11H8Cl2N2OS. The summed E-state index contributed by atoms with van der Waals surface area (Å²) in [6.45, 7) is 0. The van der Waals surface area contributed by atoms with Crippen molar-refractivity contribution in [2.24, 2.45) is 0 Å². The van der Waals surface area contributed by atoms with Crippen LogP contribution in [0.25, 0.3) is 11.3 Å². The van der Waals surface area contributed by atoms with Gasteiger partial charge in [-0.25, -0.2) is 4.98 Å². The summed E-state index contributed by atoms with van der Waals surface area (Å²) >= 11 is 17.2. The molecule has 88 valence electrons. The summed E-state index contributed by atoms with van der Waals surface area (Å²) in [5, 5.41) is 1.15. The third kappa shape index (κ3) is 2.44. The molecule has 0 unspecified atom stereocenters. The first kappa shape index (κ1) is 12.4. The van der Waals surface area contributed by atoms with Crippen LogP contribution in [0.15, 0.2) is 24.5 Å². The van der Waals surface area contributed by atoms with Crippen LogP contribution in [0.3, 0.4) is 0 Å². The molecule has 0 fully saturated rings. The van der Waals surface area contributed by atoms with E-state index < -0.39 is 0 Å². The minimum Gasteiger partial charge on any atom is -0.491 e. The first-order chi connectivity index (χ1) is 8.13. The highest BCUT2D eigenvalue weighted by Gasteiger charge is 2.12. The lowest BCUT2D eigenvalue weighted by atomic mass is 10.1. The van der Waals surface area contributed by atoms with Crippen molar-refractivity contribution in [2.45, 2.75) is 0 Å². The number of rotatable bonds is 2. The van der Waals surface area contributed by atoms with E-state index in [1.54, 1.807) is 18.2 Å². The third-order valence-corrected chi connectivity index (χ3v) is 3.07. The second-order valence-electron chi connectivity index (χ2n) is 3.24. The second kappa shape index (κ2) is 5.04. The molecule has 1 aromatic carbocycles. The van der Waals surface area contributed by atoms with Crippen LogP contribution in [0.2, 0.25) is 10.0 Å². The quantitative estimate of drug-likeness (QED) is 0.844. The highest BCUT2D eigenvalue weighted by atomic mass is 35.5. The van der Waals surface area contributed by atoms with Crippen LogP contribution in [0.4, 0.5) is 0 Å². The molecule has 0 saturated heterocycles. The van der Waals surface area contributed by atoms with Gasteiger partial charge in [-0.1, -0.05) is 35.4 Å². The minimum absolute atomic E-state index is 0.372. The maximum Gasteiger partial charge on any atom is 0.179 e. The van der Waals surface area contributed by atoms with Crippen LogP contribution in [0, 0.1) is 4.64 Å². The fraction of sp³-hybridized carbons (Fsp3) is 0.0909. The Balaban J connectivity index is 2.72. The van der Waals surface area contributed by atoms with Gasteiger partial charge in [0.1, 0.15) is 0 Å². The predicted octanol–water partition coefficient (Wildman–Crippen LogP) is 4.12. The highest BCUT2D eigenvalue weighted by Crippen LogP contribution is 2.34. The Morgan fingerprint density at radius 1 is 1.35 bits per heavy atom. The fourth-order valence-electron chi connectivity index (χ4n) is 1.47. The van der Waals surface area contributed by atoms with Crippen LogP contribution >= 0.6 is 35.4 Å². The van der Waals surface area contributed by atoms with Crippen molar-refractivity contribution in [3.63, 3.8) is 0 Å². The average molecular weight is 287 g/mol. The normalized spacial score (nSPS) is 10.3. The van der Waals surface area contributed by atoms with Gasteiger partial charge in [-0.3, -0.25) is 0 Å². The van der Waals surface area contributed by atoms with E-state index in [1.165, 1.54) is 13.4 Å². The number of benzene rings is 1. The lowest BCUT2D eigenvalue weighted by Gasteiger charge is -2.09. The zero-order valence-corrected chi connectivity index (χ0v) is 11.2. The van der Waals surface area contributed by atoms with Gasteiger partial charge < -0.3 is 9.72 Å². The maximum absolute atomic E-state index is 6.12. The zero-order chi connectivity index (χ0) is 12.4. The molecule has 2 rings (SSSR count). The molecule has 0 aliphatic carbocycles. The van der Waals surface area contributed by atoms with Gasteiger partial charge in [-0.2, -0.15) is 0 Å². The van der Waals surface area contributed by atoms with Gasteiger partial charge >= 0.3 is 0 Å². The SMILES string of the molecule is COc1c(-c2cc(Cl)ccc2Cl)[nH]cnc1=S. The summed E-state index contributed by atoms with van der Waals surface area (Å²) in [5.41, 5.74) is 1.39. The molecule has 0 bridgehead atoms. The lowest BCUT2D eigenvalue weighted by Crippen LogP contribution is -1.94. The number of ether oxygens (including phenoxy) is 1. The van der Waals surface area contributed by atoms with Gasteiger partial charge in [0.25, 0.3) is 0 Å². The molecule has 0 spiro atoms. The Labute approximate surface area is 113 Å². The standard InChI is InChI=1S/C11H8Cl2N2OS/c1-16-10-9(14-5-15-11(10)17)7-4-6(12)2-3-8(7)13/h2-5H,1H3,(H,14,15,17). The fourth-order valence-corrected chi connectivity index (χ4v) is 2.09. The number of hydrogen-bond acceptors (Lipinski definition) is 3. The Morgan fingerprint density at radius 2 is 2.12 bits per heavy atom. The summed E-state index contributed by atoms with van der Waals surface area (Å²) in [6.07, 6.45) is 1.50. The number of methoxy groups -OCH3 is 1. The highest BCUT2D eigenvalue weighted by molar-refractivity contribution is 7.71. The summed E-state index contributed by atoms with van der Waals surface area (Å²) in [4.78, 5) is 6.91. The maximum atomic E-state index is 6.12. The third-order valence-electron chi connectivity index (χ3n) is 2.21. The second-order valence-corrected chi connectivity index (χ2v) is 4.47. The molecule has 1 heterocycles. The van der Waals surface area contributed by atoms with Gasteiger partial charge in [0, 0.05) is 10.6 Å². The molecule has 0 saturated carbocycles. The van der Waals surface area contributed by atoms with Crippen LogP contribution in [-0.4, -0.2) is 17.1 Å². The molecule has 3 nitrogen and oxygen atoms in total. The predicted molar refractivity (Wildman–Crippen MR) is 71.4 cm³/mol. The van der Waals surface area contributed by atoms with Crippen LogP contribution < -0.4 is 4.74 Å². The van der Waals surface area contributed by atoms with Crippen molar-refractivity contribution in [3.8, 4) is 17.0 Å². The molecule has 0 atom stereocenters. The van der Waals surface area contributed by atoms with Crippen molar-refractivity contribution in [1.29, 1.82) is 0 Å². The van der Waals surface area contributed by atoms with Crippen molar-refractivity contribution in [1.82, 2.24) is 9.97 Å². The molecular weight excluding hydrogens is 279 g/mol. The summed E-state index contributed by atoms with van der Waals surface area (Å²) < 4.78 is 5.60. The lowest BCUT2D eigenvalue weighted by molar-refractivity contribution is 0.411. The number of halogens is 2. The van der Waals surface area contributed by atoms with E-state index in [0.717, 1.165) is 5.56 Å². The summed E-state index contributed by atoms with van der Waals surface area (Å²) in [5.74, 6) is 0.478. The number of nitrogens with one attached hydrogen (secondary N) is 1. The molecule has 2 aromatic rings. The molecule has 6 heteroatoms. The monoisotopic (exact) mass is 286 g/mol. The molecule has 1 N–H and O–H groups in total. The number of hydrogen-bond donors (Lipinski definition) is 1. The Morgan fingerprint density at radius 3 is 2.82 bits per heavy atom. The number of nitrogens with zero attached hydrogens (tertiary/aromatic N) is 1. The van der Waals surface area contributed by atoms with Crippen molar-refractivity contribution >= 4 is 35.4 Å². The molecule has 1 aromatic heterocycles. The molecule has 0 radical (unpaired) electrons. The molecule has 0 amide bonds. The van der Waals surface area contributed by atoms with E-state index in [2.05, 4.69) is 9.97 Å². The molecule has 17 heavy (non-hydrogen) atoms. The van der Waals surface area contributed by atoms with Crippen LogP contribution in [-0.2, 0) is 0 Å². The van der Waals surface area contributed by atoms with Crippen molar-refractivity contribution in [3.05, 3.63) is 39.2 Å². The number of H-pyrrole nitrogens is 1. The first-order valence-electron chi connectivity index (χ1n) is 4.70. The van der Waals surface area contributed by atoms with E-state index in [9.17, 15) is 0 Å². The van der Waals surface area contributed by atoms with Gasteiger partial charge in [0.05, 0.1) is 24.2 Å². The Hall–Kier alpha value is -1.10. The van der Waals surface area contributed by atoms with E-state index >= 15 is 0 Å². The Bertz CT molecular complexity index is 613. The van der Waals surface area contributed by atoms with E-state index in [1.807, 2.05) is 0 Å². The van der Waals surface area contributed by atoms with Crippen molar-refractivity contribution in [2.75, 3.05) is 7.11 Å². The zero-order valence-electron chi connectivity index (χ0n) is 8.83. The van der Waals surface area contributed by atoms with Gasteiger partial charge in [-0.05, 0) is 18.2 Å². The van der Waals surface area contributed by atoms with Gasteiger partial charge in [0.15, 0.2) is 10.4 Å². The average Bonchev–Trinajstić information content (AvgIpc) is 2.32. The van der Waals surface area contributed by atoms with Crippen LogP contribution in [0.5, 0.6) is 5.75 Å². The minimum atomic E-state index is 0.372. The van der Waals surface area contributed by atoms with Crippen molar-refractivity contribution < 1.29 is 4.74 Å². The van der Waals surface area contributed by atoms with Gasteiger partial charge in [-0.15, -0.1) is 0 Å². The van der Waals surface area contributed by atoms with Crippen LogP contribution in [0.1, 0.15) is 0 Å². The van der Waals surface area contributed by atoms with E-state index in [-0.39, 0.29) is 0 Å². The summed E-state index contributed by atoms with van der Waals surface area (Å²) in [7, 11) is 1.53. The number of aromatic amines is 1.